The Morgan fingerprint density at radius 3 is 2.27 bits per heavy atom. The minimum absolute atomic E-state index is 0.0290. The number of hydroxylamine groups is 2. The van der Waals surface area contributed by atoms with Gasteiger partial charge in [-0.1, -0.05) is 91.4 Å². The van der Waals surface area contributed by atoms with Crippen molar-refractivity contribution in [2.24, 2.45) is 5.92 Å². The van der Waals surface area contributed by atoms with Crippen LogP contribution in [-0.2, 0) is 33.4 Å². The number of hydrogen-bond donors (Lipinski definition) is 3. The second-order valence-corrected chi connectivity index (χ2v) is 14.7. The van der Waals surface area contributed by atoms with Crippen LogP contribution in [-0.4, -0.2) is 86.6 Å². The number of unbranched alkanes of at least 4 members (excludes halogenated alkanes) is 3. The molecule has 1 aromatic heterocycles. The zero-order valence-electron chi connectivity index (χ0n) is 36.8. The summed E-state index contributed by atoms with van der Waals surface area (Å²) in [5.74, 6) is -4.37. The molecule has 3 N–H and O–H groups in total. The average Bonchev–Trinajstić information content (AvgIpc) is 3.76. The van der Waals surface area contributed by atoms with E-state index in [1.54, 1.807) is 38.1 Å². The van der Waals surface area contributed by atoms with E-state index < -0.39 is 60.1 Å². The lowest BCUT2D eigenvalue weighted by molar-refractivity contribution is -0.171. The molecule has 16 nitrogen and oxygen atoms in total. The molecule has 0 bridgehead atoms. The first-order chi connectivity index (χ1) is 29.8. The van der Waals surface area contributed by atoms with Crippen molar-refractivity contribution >= 4 is 49.5 Å². The van der Waals surface area contributed by atoms with Crippen molar-refractivity contribution in [3.8, 4) is 17.1 Å². The molecule has 3 aromatic rings. The lowest BCUT2D eigenvalue weighted by Crippen LogP contribution is -2.49. The van der Waals surface area contributed by atoms with Crippen LogP contribution in [0.5, 0.6) is 5.75 Å². The van der Waals surface area contributed by atoms with Crippen LogP contribution in [0.15, 0.2) is 59.0 Å². The van der Waals surface area contributed by atoms with Crippen molar-refractivity contribution in [2.75, 3.05) is 19.9 Å². The average molecular weight is 860 g/mol. The molecule has 2 aromatic carbocycles. The number of nitrogens with zero attached hydrogens (tertiary/aromatic N) is 1. The summed E-state index contributed by atoms with van der Waals surface area (Å²) in [6, 6.07) is 12.5. The van der Waals surface area contributed by atoms with Gasteiger partial charge >= 0.3 is 25.4 Å². The number of benzene rings is 2. The van der Waals surface area contributed by atoms with Gasteiger partial charge in [-0.15, -0.1) is 0 Å². The molecular formula is C45H60BN4O12. The Labute approximate surface area is 364 Å². The molecule has 0 aliphatic heterocycles. The Bertz CT molecular complexity index is 1970. The molecule has 1 radical (unpaired) electrons. The number of ether oxygens (including phenoxy) is 2. The van der Waals surface area contributed by atoms with Crippen molar-refractivity contribution in [1.82, 2.24) is 21.0 Å². The van der Waals surface area contributed by atoms with Crippen molar-refractivity contribution in [2.45, 2.75) is 118 Å². The fraction of sp³-hybridized carbons (Fsp3) is 0.489. The standard InChI is InChI=1S/C45H60BN4O12/c1-8-12-14-19-33(36(10-3)50(28-51)62-44(56)32-18-16-15-17-31(32)29(5)6)41(53)47-27-48-43(55)38-23-22-37(60-38)30-20-21-34(39(25-30)58-11-4)42(54)49-35(45(57)61-46-7)26-40(52)59-24-13-9-2/h15-18,20-23,25,28-29,33,35-36H,8-14,19,24,26-27H2,1-7H3,(H,47,53)(H,48,55)(H,49,54)/t33-,35+,36-/m1/s1. The summed E-state index contributed by atoms with van der Waals surface area (Å²) in [6.07, 6.45) is 4.57. The van der Waals surface area contributed by atoms with E-state index in [-0.39, 0.29) is 48.6 Å². The van der Waals surface area contributed by atoms with E-state index in [4.69, 9.17) is 23.4 Å². The monoisotopic (exact) mass is 859 g/mol. The number of esters is 1. The van der Waals surface area contributed by atoms with Gasteiger partial charge in [0, 0.05) is 5.56 Å². The summed E-state index contributed by atoms with van der Waals surface area (Å²) in [7, 11) is 1.15. The van der Waals surface area contributed by atoms with Gasteiger partial charge in [-0.05, 0) is 68.0 Å². The molecule has 17 heteroatoms. The third kappa shape index (κ3) is 14.8. The van der Waals surface area contributed by atoms with E-state index in [1.165, 1.54) is 25.0 Å². The Hall–Kier alpha value is -6.13. The Morgan fingerprint density at radius 1 is 0.871 bits per heavy atom. The van der Waals surface area contributed by atoms with Crippen LogP contribution in [0.2, 0.25) is 6.82 Å². The summed E-state index contributed by atoms with van der Waals surface area (Å²) in [5, 5.41) is 8.82. The first kappa shape index (κ1) is 50.2. The molecule has 3 atom stereocenters. The van der Waals surface area contributed by atoms with E-state index in [0.717, 1.165) is 37.4 Å². The third-order valence-electron chi connectivity index (χ3n) is 9.87. The first-order valence-corrected chi connectivity index (χ1v) is 21.3. The molecule has 335 valence electrons. The van der Waals surface area contributed by atoms with Gasteiger partial charge in [0.15, 0.2) is 5.76 Å². The zero-order valence-corrected chi connectivity index (χ0v) is 36.8. The summed E-state index contributed by atoms with van der Waals surface area (Å²) in [6.45, 7) is 13.0. The number of hydrogen-bond acceptors (Lipinski definition) is 12. The number of carbonyl (C=O) groups is 7. The topological polar surface area (TPSA) is 209 Å². The highest BCUT2D eigenvalue weighted by atomic mass is 16.7. The summed E-state index contributed by atoms with van der Waals surface area (Å²) < 4.78 is 21.7. The van der Waals surface area contributed by atoms with Crippen LogP contribution in [0, 0.1) is 5.92 Å². The van der Waals surface area contributed by atoms with Gasteiger partial charge in [0.25, 0.3) is 11.8 Å². The number of nitrogens with one attached hydrogen (secondary N) is 3. The van der Waals surface area contributed by atoms with Gasteiger partial charge in [0.05, 0.1) is 49.4 Å². The molecule has 1 heterocycles. The maximum Gasteiger partial charge on any atom is 0.370 e. The molecule has 0 aliphatic rings. The minimum atomic E-state index is -1.33. The molecule has 0 unspecified atom stereocenters. The second kappa shape index (κ2) is 26.3. The van der Waals surface area contributed by atoms with Crippen LogP contribution < -0.4 is 20.7 Å². The highest BCUT2D eigenvalue weighted by molar-refractivity contribution is 6.28. The van der Waals surface area contributed by atoms with Gasteiger partial charge in [0.2, 0.25) is 12.3 Å². The number of rotatable bonds is 27. The summed E-state index contributed by atoms with van der Waals surface area (Å²) in [4.78, 5) is 96.6. The van der Waals surface area contributed by atoms with Crippen molar-refractivity contribution in [3.63, 3.8) is 0 Å². The molecule has 0 saturated carbocycles. The van der Waals surface area contributed by atoms with Gasteiger partial charge in [-0.2, -0.15) is 5.06 Å². The van der Waals surface area contributed by atoms with Crippen molar-refractivity contribution in [3.05, 3.63) is 77.0 Å². The lowest BCUT2D eigenvalue weighted by Gasteiger charge is -2.32. The molecule has 0 saturated heterocycles. The Kier molecular flexibility index (Phi) is 21.3. The maximum atomic E-state index is 13.7. The number of carbonyl (C=O) groups excluding carboxylic acids is 7. The van der Waals surface area contributed by atoms with Crippen LogP contribution in [0.1, 0.15) is 136 Å². The fourth-order valence-corrected chi connectivity index (χ4v) is 6.62. The normalized spacial score (nSPS) is 12.3. The van der Waals surface area contributed by atoms with Crippen LogP contribution in [0.25, 0.3) is 11.3 Å². The molecular weight excluding hydrogens is 799 g/mol. The van der Waals surface area contributed by atoms with Gasteiger partial charge in [-0.25, -0.2) is 4.79 Å². The van der Waals surface area contributed by atoms with Crippen molar-refractivity contribution in [1.29, 1.82) is 0 Å². The SMILES string of the molecule is C[B]OC(=O)[C@H](CC(=O)OCCCC)NC(=O)c1ccc(-c2ccc(C(=O)NCNC(=O)[C@H](CCCCC)[C@@H](CC)N(C=O)OC(=O)c3ccccc3C(C)C)o2)cc1OCC. The molecule has 4 amide bonds. The molecule has 0 spiro atoms. The molecule has 0 aliphatic carbocycles. The van der Waals surface area contributed by atoms with E-state index in [0.29, 0.717) is 43.2 Å². The lowest BCUT2D eigenvalue weighted by atomic mass is 9.90. The molecule has 62 heavy (non-hydrogen) atoms. The maximum absolute atomic E-state index is 13.7. The Balaban J connectivity index is 1.71. The largest absolute Gasteiger partial charge is 0.538 e. The second-order valence-electron chi connectivity index (χ2n) is 14.7. The van der Waals surface area contributed by atoms with E-state index >= 15 is 0 Å². The first-order valence-electron chi connectivity index (χ1n) is 21.3. The van der Waals surface area contributed by atoms with E-state index in [2.05, 4.69) is 16.0 Å². The van der Waals surface area contributed by atoms with Gasteiger partial charge in [0.1, 0.15) is 17.6 Å². The van der Waals surface area contributed by atoms with Crippen molar-refractivity contribution < 1.29 is 56.9 Å². The minimum Gasteiger partial charge on any atom is -0.538 e. The quantitative estimate of drug-likeness (QED) is 0.0187. The summed E-state index contributed by atoms with van der Waals surface area (Å²) in [5.41, 5.74) is 1.62. The van der Waals surface area contributed by atoms with E-state index in [9.17, 15) is 33.6 Å². The molecule has 3 rings (SSSR count). The fourth-order valence-electron chi connectivity index (χ4n) is 6.62. The van der Waals surface area contributed by atoms with Gasteiger partial charge < -0.3 is 39.3 Å². The zero-order chi connectivity index (χ0) is 45.6. The Morgan fingerprint density at radius 2 is 1.61 bits per heavy atom. The summed E-state index contributed by atoms with van der Waals surface area (Å²) >= 11 is 0. The highest BCUT2D eigenvalue weighted by Crippen LogP contribution is 2.30. The number of furan rings is 1. The van der Waals surface area contributed by atoms with Gasteiger partial charge in [-0.3, -0.25) is 28.8 Å². The van der Waals surface area contributed by atoms with Crippen LogP contribution in [0.4, 0.5) is 0 Å². The third-order valence-corrected chi connectivity index (χ3v) is 9.87. The van der Waals surface area contributed by atoms with Crippen LogP contribution >= 0.6 is 0 Å². The number of amides is 4. The van der Waals surface area contributed by atoms with Crippen LogP contribution in [0.3, 0.4) is 0 Å². The molecule has 0 fully saturated rings. The van der Waals surface area contributed by atoms with E-state index in [1.807, 2.05) is 39.8 Å². The highest BCUT2D eigenvalue weighted by Gasteiger charge is 2.34. The predicted molar refractivity (Wildman–Crippen MR) is 231 cm³/mol. The predicted octanol–water partition coefficient (Wildman–Crippen LogP) is 6.52. The smallest absolute Gasteiger partial charge is 0.370 e.